The van der Waals surface area contributed by atoms with Gasteiger partial charge in [0.25, 0.3) is 0 Å². The fourth-order valence-electron chi connectivity index (χ4n) is 1.46. The molecule has 20 heavy (non-hydrogen) atoms. The number of anilines is 1. The van der Waals surface area contributed by atoms with Crippen LogP contribution < -0.4 is 10.1 Å². The van der Waals surface area contributed by atoms with E-state index >= 15 is 0 Å². The first-order valence-electron chi connectivity index (χ1n) is 5.98. The molecule has 0 amide bonds. The number of sulfone groups is 1. The first kappa shape index (κ1) is 14.7. The van der Waals surface area contributed by atoms with Crippen LogP contribution in [-0.4, -0.2) is 31.4 Å². The van der Waals surface area contributed by atoms with E-state index in [2.05, 4.69) is 15.5 Å². The summed E-state index contributed by atoms with van der Waals surface area (Å²) >= 11 is 1.43. The van der Waals surface area contributed by atoms with Crippen molar-refractivity contribution in [2.75, 3.05) is 18.1 Å². The smallest absolute Gasteiger partial charge is 0.205 e. The highest BCUT2D eigenvalue weighted by molar-refractivity contribution is 7.90. The van der Waals surface area contributed by atoms with Gasteiger partial charge in [0.1, 0.15) is 12.4 Å². The van der Waals surface area contributed by atoms with Gasteiger partial charge in [0.15, 0.2) is 14.8 Å². The number of hydrogen-bond acceptors (Lipinski definition) is 7. The molecule has 2 rings (SSSR count). The highest BCUT2D eigenvalue weighted by Gasteiger charge is 2.07. The third-order valence-corrected chi connectivity index (χ3v) is 4.39. The Labute approximate surface area is 121 Å². The van der Waals surface area contributed by atoms with Gasteiger partial charge in [-0.1, -0.05) is 11.3 Å². The van der Waals surface area contributed by atoms with E-state index in [0.29, 0.717) is 12.4 Å². The number of aromatic nitrogens is 2. The quantitative estimate of drug-likeness (QED) is 0.878. The third-order valence-electron chi connectivity index (χ3n) is 2.41. The largest absolute Gasteiger partial charge is 0.486 e. The molecule has 0 bridgehead atoms. The predicted octanol–water partition coefficient (Wildman–Crippen LogP) is 1.95. The SMILES string of the molecule is CCNc1nnc(COc2ccc(S(C)(=O)=O)cc2)s1. The van der Waals surface area contributed by atoms with Crippen LogP contribution in [0.1, 0.15) is 11.9 Å². The van der Waals surface area contributed by atoms with Crippen molar-refractivity contribution in [3.63, 3.8) is 0 Å². The summed E-state index contributed by atoms with van der Waals surface area (Å²) in [6.07, 6.45) is 1.17. The Balaban J connectivity index is 1.96. The van der Waals surface area contributed by atoms with Crippen LogP contribution >= 0.6 is 11.3 Å². The molecule has 0 saturated heterocycles. The van der Waals surface area contributed by atoms with Gasteiger partial charge in [0, 0.05) is 12.8 Å². The van der Waals surface area contributed by atoms with E-state index in [1.54, 1.807) is 12.1 Å². The Kier molecular flexibility index (Phi) is 4.56. The molecule has 0 aliphatic rings. The van der Waals surface area contributed by atoms with E-state index in [0.717, 1.165) is 16.7 Å². The minimum atomic E-state index is -3.17. The van der Waals surface area contributed by atoms with Crippen molar-refractivity contribution >= 4 is 26.3 Å². The molecule has 108 valence electrons. The first-order chi connectivity index (χ1) is 9.49. The van der Waals surface area contributed by atoms with Crippen LogP contribution in [-0.2, 0) is 16.4 Å². The standard InChI is InChI=1S/C12H15N3O3S2/c1-3-13-12-15-14-11(19-12)8-18-9-4-6-10(7-5-9)20(2,16)17/h4-7H,3,8H2,1-2H3,(H,13,15). The lowest BCUT2D eigenvalue weighted by Crippen LogP contribution is -1.98. The zero-order valence-electron chi connectivity index (χ0n) is 11.2. The van der Waals surface area contributed by atoms with E-state index in [9.17, 15) is 8.42 Å². The molecule has 0 aliphatic carbocycles. The summed E-state index contributed by atoms with van der Waals surface area (Å²) in [5.41, 5.74) is 0. The van der Waals surface area contributed by atoms with Crippen LogP contribution in [0.2, 0.25) is 0 Å². The molecule has 0 atom stereocenters. The average molecular weight is 313 g/mol. The Morgan fingerprint density at radius 3 is 2.55 bits per heavy atom. The van der Waals surface area contributed by atoms with Crippen LogP contribution in [0.5, 0.6) is 5.75 Å². The molecule has 0 aliphatic heterocycles. The molecule has 1 aromatic carbocycles. The molecule has 0 spiro atoms. The summed E-state index contributed by atoms with van der Waals surface area (Å²) in [5, 5.41) is 12.5. The second-order valence-corrected chi connectivity index (χ2v) is 7.14. The zero-order valence-corrected chi connectivity index (χ0v) is 12.8. The lowest BCUT2D eigenvalue weighted by Gasteiger charge is -2.04. The third kappa shape index (κ3) is 3.91. The molecule has 0 unspecified atom stereocenters. The van der Waals surface area contributed by atoms with E-state index in [1.807, 2.05) is 6.92 Å². The van der Waals surface area contributed by atoms with Crippen molar-refractivity contribution in [3.8, 4) is 5.75 Å². The summed E-state index contributed by atoms with van der Waals surface area (Å²) in [7, 11) is -3.17. The fourth-order valence-corrected chi connectivity index (χ4v) is 2.81. The van der Waals surface area contributed by atoms with Crippen LogP contribution in [0.3, 0.4) is 0 Å². The molecular formula is C12H15N3O3S2. The summed E-state index contributed by atoms with van der Waals surface area (Å²) in [6.45, 7) is 3.09. The van der Waals surface area contributed by atoms with Gasteiger partial charge in [-0.2, -0.15) is 0 Å². The minimum Gasteiger partial charge on any atom is -0.486 e. The summed E-state index contributed by atoms with van der Waals surface area (Å²) in [5.74, 6) is 0.595. The van der Waals surface area contributed by atoms with E-state index in [-0.39, 0.29) is 4.90 Å². The van der Waals surface area contributed by atoms with E-state index in [4.69, 9.17) is 4.74 Å². The van der Waals surface area contributed by atoms with Crippen molar-refractivity contribution in [2.45, 2.75) is 18.4 Å². The molecule has 0 radical (unpaired) electrons. The maximum absolute atomic E-state index is 11.3. The highest BCUT2D eigenvalue weighted by atomic mass is 32.2. The second-order valence-electron chi connectivity index (χ2n) is 4.06. The van der Waals surface area contributed by atoms with Gasteiger partial charge < -0.3 is 10.1 Å². The van der Waals surface area contributed by atoms with Crippen molar-refractivity contribution < 1.29 is 13.2 Å². The molecular weight excluding hydrogens is 298 g/mol. The maximum atomic E-state index is 11.3. The second kappa shape index (κ2) is 6.19. The van der Waals surface area contributed by atoms with Gasteiger partial charge in [-0.15, -0.1) is 10.2 Å². The van der Waals surface area contributed by atoms with Crippen LogP contribution in [0.25, 0.3) is 0 Å². The number of benzene rings is 1. The van der Waals surface area contributed by atoms with Crippen LogP contribution in [0.4, 0.5) is 5.13 Å². The average Bonchev–Trinajstić information content (AvgIpc) is 2.84. The Hall–Kier alpha value is -1.67. The normalized spacial score (nSPS) is 11.3. The highest BCUT2D eigenvalue weighted by Crippen LogP contribution is 2.19. The monoisotopic (exact) mass is 313 g/mol. The van der Waals surface area contributed by atoms with E-state index in [1.165, 1.54) is 29.7 Å². The molecule has 6 nitrogen and oxygen atoms in total. The predicted molar refractivity (Wildman–Crippen MR) is 78.0 cm³/mol. The number of ether oxygens (including phenoxy) is 1. The number of hydrogen-bond donors (Lipinski definition) is 1. The molecule has 1 heterocycles. The van der Waals surface area contributed by atoms with Gasteiger partial charge in [-0.3, -0.25) is 0 Å². The molecule has 1 aromatic heterocycles. The van der Waals surface area contributed by atoms with Gasteiger partial charge in [-0.05, 0) is 31.2 Å². The molecule has 0 fully saturated rings. The maximum Gasteiger partial charge on any atom is 0.205 e. The van der Waals surface area contributed by atoms with Crippen molar-refractivity contribution in [1.29, 1.82) is 0 Å². The van der Waals surface area contributed by atoms with Gasteiger partial charge >= 0.3 is 0 Å². The zero-order chi connectivity index (χ0) is 14.6. The van der Waals surface area contributed by atoms with Crippen LogP contribution in [0.15, 0.2) is 29.2 Å². The van der Waals surface area contributed by atoms with Crippen molar-refractivity contribution in [3.05, 3.63) is 29.3 Å². The summed E-state index contributed by atoms with van der Waals surface area (Å²) in [6, 6.07) is 6.30. The minimum absolute atomic E-state index is 0.273. The number of nitrogens with one attached hydrogen (secondary N) is 1. The van der Waals surface area contributed by atoms with Gasteiger partial charge in [0.2, 0.25) is 5.13 Å². The Bertz CT molecular complexity index is 666. The first-order valence-corrected chi connectivity index (χ1v) is 8.69. The summed E-state index contributed by atoms with van der Waals surface area (Å²) in [4.78, 5) is 0.273. The fraction of sp³-hybridized carbons (Fsp3) is 0.333. The Morgan fingerprint density at radius 1 is 1.25 bits per heavy atom. The molecule has 0 saturated carbocycles. The van der Waals surface area contributed by atoms with Crippen molar-refractivity contribution in [1.82, 2.24) is 10.2 Å². The summed E-state index contributed by atoms with van der Waals surface area (Å²) < 4.78 is 28.2. The topological polar surface area (TPSA) is 81.2 Å². The van der Waals surface area contributed by atoms with E-state index < -0.39 is 9.84 Å². The van der Waals surface area contributed by atoms with Gasteiger partial charge in [-0.25, -0.2) is 8.42 Å². The molecule has 8 heteroatoms. The van der Waals surface area contributed by atoms with Crippen LogP contribution in [0, 0.1) is 0 Å². The molecule has 1 N–H and O–H groups in total. The Morgan fingerprint density at radius 2 is 1.95 bits per heavy atom. The van der Waals surface area contributed by atoms with Crippen molar-refractivity contribution in [2.24, 2.45) is 0 Å². The number of rotatable bonds is 6. The lowest BCUT2D eigenvalue weighted by atomic mass is 10.3. The number of nitrogens with zero attached hydrogens (tertiary/aromatic N) is 2. The van der Waals surface area contributed by atoms with Gasteiger partial charge in [0.05, 0.1) is 4.90 Å². The lowest BCUT2D eigenvalue weighted by molar-refractivity contribution is 0.304. The molecule has 2 aromatic rings.